The topological polar surface area (TPSA) is 91.9 Å². The molecular formula is C19H16N2O4. The first-order valence-corrected chi connectivity index (χ1v) is 7.67. The number of para-hydroxylation sites is 1. The predicted octanol–water partition coefficient (Wildman–Crippen LogP) is 2.44. The minimum Gasteiger partial charge on any atom is -0.422 e. The van der Waals surface area contributed by atoms with Crippen LogP contribution in [0.5, 0.6) is 0 Å². The van der Waals surface area contributed by atoms with Crippen molar-refractivity contribution < 1.29 is 14.3 Å². The third-order valence-electron chi connectivity index (χ3n) is 3.79. The molecule has 0 atom stereocenters. The average molecular weight is 336 g/mol. The van der Waals surface area contributed by atoms with E-state index in [0.717, 1.165) is 5.39 Å². The molecular weight excluding hydrogens is 320 g/mol. The van der Waals surface area contributed by atoms with Gasteiger partial charge in [0, 0.05) is 10.9 Å². The normalized spacial score (nSPS) is 11.5. The zero-order valence-corrected chi connectivity index (χ0v) is 13.5. The van der Waals surface area contributed by atoms with Gasteiger partial charge in [0.05, 0.1) is 17.9 Å². The minimum absolute atomic E-state index is 0.249. The average Bonchev–Trinajstić information content (AvgIpc) is 2.65. The number of hydrazone groups is 1. The highest BCUT2D eigenvalue weighted by Crippen LogP contribution is 2.13. The van der Waals surface area contributed by atoms with Crippen molar-refractivity contribution in [2.24, 2.45) is 5.10 Å². The third-order valence-corrected chi connectivity index (χ3v) is 3.79. The van der Waals surface area contributed by atoms with Crippen LogP contribution in [0.3, 0.4) is 0 Å². The van der Waals surface area contributed by atoms with Crippen molar-refractivity contribution in [2.45, 2.75) is 13.5 Å². The van der Waals surface area contributed by atoms with E-state index in [4.69, 9.17) is 4.42 Å². The molecule has 0 aliphatic carbocycles. The maximum absolute atomic E-state index is 12.2. The summed E-state index contributed by atoms with van der Waals surface area (Å²) in [6, 6.07) is 15.5. The highest BCUT2D eigenvalue weighted by atomic mass is 16.4. The minimum atomic E-state index is -0.523. The van der Waals surface area contributed by atoms with Crippen molar-refractivity contribution >= 4 is 22.6 Å². The summed E-state index contributed by atoms with van der Waals surface area (Å²) in [5.74, 6) is -0.464. The number of nitrogens with zero attached hydrogens (tertiary/aromatic N) is 1. The number of fused-ring (bicyclic) bond motifs is 1. The van der Waals surface area contributed by atoms with Crippen molar-refractivity contribution in [2.75, 3.05) is 0 Å². The fraction of sp³-hybridized carbons (Fsp3) is 0.105. The number of nitrogens with one attached hydrogen (secondary N) is 1. The zero-order valence-electron chi connectivity index (χ0n) is 13.5. The molecule has 6 nitrogen and oxygen atoms in total. The van der Waals surface area contributed by atoms with Crippen molar-refractivity contribution in [3.63, 3.8) is 0 Å². The molecule has 0 fully saturated rings. The molecule has 1 amide bonds. The first-order valence-electron chi connectivity index (χ1n) is 7.67. The smallest absolute Gasteiger partial charge is 0.345 e. The van der Waals surface area contributed by atoms with E-state index in [1.165, 1.54) is 0 Å². The van der Waals surface area contributed by atoms with Gasteiger partial charge in [0.25, 0.3) is 5.91 Å². The SMILES string of the molecule is C/C(=N/NC(=O)c1ccccc1CO)c1cc2ccccc2oc1=O. The second-order valence-corrected chi connectivity index (χ2v) is 5.44. The molecule has 0 aliphatic rings. The van der Waals surface area contributed by atoms with Crippen molar-refractivity contribution in [1.29, 1.82) is 0 Å². The van der Waals surface area contributed by atoms with Crippen LogP contribution in [0.2, 0.25) is 0 Å². The number of rotatable bonds is 4. The maximum Gasteiger partial charge on any atom is 0.345 e. The number of carbonyl (C=O) groups is 1. The van der Waals surface area contributed by atoms with Gasteiger partial charge in [-0.25, -0.2) is 10.2 Å². The zero-order chi connectivity index (χ0) is 17.8. The van der Waals surface area contributed by atoms with Gasteiger partial charge in [-0.15, -0.1) is 0 Å². The van der Waals surface area contributed by atoms with Gasteiger partial charge in [-0.3, -0.25) is 4.79 Å². The second kappa shape index (κ2) is 7.11. The van der Waals surface area contributed by atoms with E-state index in [0.29, 0.717) is 22.4 Å². The number of hydrogen-bond donors (Lipinski definition) is 2. The molecule has 1 heterocycles. The number of hydrogen-bond acceptors (Lipinski definition) is 5. The highest BCUT2D eigenvalue weighted by molar-refractivity contribution is 6.02. The number of benzene rings is 2. The number of aliphatic hydroxyl groups is 1. The molecule has 0 saturated heterocycles. The van der Waals surface area contributed by atoms with Gasteiger partial charge >= 0.3 is 5.63 Å². The second-order valence-electron chi connectivity index (χ2n) is 5.44. The lowest BCUT2D eigenvalue weighted by molar-refractivity contribution is 0.0951. The molecule has 0 bridgehead atoms. The summed E-state index contributed by atoms with van der Waals surface area (Å²) in [6.07, 6.45) is 0. The van der Waals surface area contributed by atoms with Gasteiger partial charge in [-0.1, -0.05) is 36.4 Å². The van der Waals surface area contributed by atoms with Crippen molar-refractivity contribution in [3.8, 4) is 0 Å². The van der Waals surface area contributed by atoms with Gasteiger partial charge in [-0.05, 0) is 30.7 Å². The van der Waals surface area contributed by atoms with Crippen LogP contribution in [0.1, 0.15) is 28.4 Å². The van der Waals surface area contributed by atoms with Gasteiger partial charge in [0.1, 0.15) is 5.58 Å². The molecule has 126 valence electrons. The molecule has 0 radical (unpaired) electrons. The largest absolute Gasteiger partial charge is 0.422 e. The fourth-order valence-corrected chi connectivity index (χ4v) is 2.45. The summed E-state index contributed by atoms with van der Waals surface area (Å²) in [5.41, 5.74) is 3.80. The fourth-order valence-electron chi connectivity index (χ4n) is 2.45. The molecule has 0 unspecified atom stereocenters. The monoisotopic (exact) mass is 336 g/mol. The Labute approximate surface area is 143 Å². The highest BCUT2D eigenvalue weighted by Gasteiger charge is 2.11. The Kier molecular flexibility index (Phi) is 4.72. The van der Waals surface area contributed by atoms with Crippen LogP contribution >= 0.6 is 0 Å². The van der Waals surface area contributed by atoms with Gasteiger partial charge in [0.2, 0.25) is 0 Å². The molecule has 0 spiro atoms. The summed E-state index contributed by atoms with van der Waals surface area (Å²) in [5, 5.41) is 14.0. The van der Waals surface area contributed by atoms with Crippen molar-refractivity contribution in [1.82, 2.24) is 5.43 Å². The molecule has 3 rings (SSSR count). The summed E-state index contributed by atoms with van der Waals surface area (Å²) in [4.78, 5) is 24.3. The molecule has 3 aromatic rings. The standard InChI is InChI=1S/C19H16N2O4/c1-12(16-10-13-6-3-5-9-17(13)25-19(16)24)20-21-18(23)15-8-4-2-7-14(15)11-22/h2-10,22H,11H2,1H3,(H,21,23)/b20-12-. The van der Waals surface area contributed by atoms with E-state index in [-0.39, 0.29) is 12.2 Å². The molecule has 25 heavy (non-hydrogen) atoms. The van der Waals surface area contributed by atoms with Crippen molar-refractivity contribution in [3.05, 3.63) is 81.7 Å². The lowest BCUT2D eigenvalue weighted by Gasteiger charge is -2.06. The Hall–Kier alpha value is -3.25. The van der Waals surface area contributed by atoms with Crippen LogP contribution < -0.4 is 11.1 Å². The van der Waals surface area contributed by atoms with E-state index < -0.39 is 11.5 Å². The van der Waals surface area contributed by atoms with Crippen LogP contribution in [0, 0.1) is 0 Å². The number of carbonyl (C=O) groups excluding carboxylic acids is 1. The van der Waals surface area contributed by atoms with E-state index >= 15 is 0 Å². The molecule has 0 saturated carbocycles. The molecule has 2 aromatic carbocycles. The third kappa shape index (κ3) is 3.49. The molecule has 1 aromatic heterocycles. The Morgan fingerprint density at radius 3 is 2.64 bits per heavy atom. The van der Waals surface area contributed by atoms with Gasteiger partial charge in [0.15, 0.2) is 0 Å². The Bertz CT molecular complexity index is 1020. The summed E-state index contributed by atoms with van der Waals surface area (Å²) >= 11 is 0. The van der Waals surface area contributed by atoms with Crippen LogP contribution in [-0.2, 0) is 6.61 Å². The Morgan fingerprint density at radius 1 is 1.12 bits per heavy atom. The molecule has 0 aliphatic heterocycles. The van der Waals surface area contributed by atoms with Gasteiger partial charge < -0.3 is 9.52 Å². The van der Waals surface area contributed by atoms with E-state index in [1.807, 2.05) is 12.1 Å². The summed E-state index contributed by atoms with van der Waals surface area (Å²) in [6.45, 7) is 1.36. The Morgan fingerprint density at radius 2 is 1.84 bits per heavy atom. The van der Waals surface area contributed by atoms with E-state index in [9.17, 15) is 14.7 Å². The predicted molar refractivity (Wildman–Crippen MR) is 94.5 cm³/mol. The first kappa shape index (κ1) is 16.6. The van der Waals surface area contributed by atoms with Gasteiger partial charge in [-0.2, -0.15) is 5.10 Å². The maximum atomic E-state index is 12.2. The van der Waals surface area contributed by atoms with E-state index in [1.54, 1.807) is 49.4 Å². The van der Waals surface area contributed by atoms with Crippen LogP contribution in [0.25, 0.3) is 11.0 Å². The lowest BCUT2D eigenvalue weighted by atomic mass is 10.1. The first-order chi connectivity index (χ1) is 12.1. The summed E-state index contributed by atoms with van der Waals surface area (Å²) in [7, 11) is 0. The quantitative estimate of drug-likeness (QED) is 0.435. The van der Waals surface area contributed by atoms with Crippen LogP contribution in [0.4, 0.5) is 0 Å². The van der Waals surface area contributed by atoms with Crippen LogP contribution in [-0.4, -0.2) is 16.7 Å². The molecule has 2 N–H and O–H groups in total. The number of aliphatic hydroxyl groups excluding tert-OH is 1. The van der Waals surface area contributed by atoms with E-state index in [2.05, 4.69) is 10.5 Å². The summed E-state index contributed by atoms with van der Waals surface area (Å²) < 4.78 is 5.26. The Balaban J connectivity index is 1.88. The number of amides is 1. The van der Waals surface area contributed by atoms with Crippen LogP contribution in [0.15, 0.2) is 68.9 Å². The lowest BCUT2D eigenvalue weighted by Crippen LogP contribution is -2.22. The molecule has 6 heteroatoms.